The summed E-state index contributed by atoms with van der Waals surface area (Å²) in [6, 6.07) is 8.48. The van der Waals surface area contributed by atoms with Gasteiger partial charge < -0.3 is 4.90 Å². The molecule has 1 aliphatic heterocycles. The summed E-state index contributed by atoms with van der Waals surface area (Å²) < 4.78 is 25.0. The molecule has 0 bridgehead atoms. The van der Waals surface area contributed by atoms with Gasteiger partial charge in [-0.05, 0) is 25.3 Å². The van der Waals surface area contributed by atoms with Crippen LogP contribution >= 0.6 is 0 Å². The Kier molecular flexibility index (Phi) is 5.47. The van der Waals surface area contributed by atoms with Crippen LogP contribution in [0.4, 0.5) is 0 Å². The van der Waals surface area contributed by atoms with Gasteiger partial charge in [0, 0.05) is 32.6 Å². The van der Waals surface area contributed by atoms with Crippen molar-refractivity contribution in [1.29, 1.82) is 0 Å². The molecule has 1 aromatic carbocycles. The number of nitrogens with zero attached hydrogens (tertiary/aromatic N) is 2. The number of benzene rings is 1. The molecule has 2 rings (SSSR count). The van der Waals surface area contributed by atoms with E-state index in [0.29, 0.717) is 6.54 Å². The molecule has 23 heavy (non-hydrogen) atoms. The second-order valence-corrected chi connectivity index (χ2v) is 8.59. The van der Waals surface area contributed by atoms with Crippen molar-refractivity contribution >= 4 is 15.9 Å². The van der Waals surface area contributed by atoms with Crippen LogP contribution in [0.15, 0.2) is 24.3 Å². The van der Waals surface area contributed by atoms with Crippen molar-refractivity contribution in [1.82, 2.24) is 9.21 Å². The SMILES string of the molecule is CC[C@@H]1[C@H](c2ccc(C)cc2)CCN1C(=O)CS(=O)(=O)N(C)C. The lowest BCUT2D eigenvalue weighted by Crippen LogP contribution is -2.42. The van der Waals surface area contributed by atoms with E-state index in [-0.39, 0.29) is 17.9 Å². The Morgan fingerprint density at radius 2 is 1.87 bits per heavy atom. The number of likely N-dealkylation sites (tertiary alicyclic amines) is 1. The molecular weight excluding hydrogens is 312 g/mol. The molecule has 0 spiro atoms. The van der Waals surface area contributed by atoms with Gasteiger partial charge in [-0.2, -0.15) is 0 Å². The van der Waals surface area contributed by atoms with Crippen molar-refractivity contribution in [2.75, 3.05) is 26.4 Å². The smallest absolute Gasteiger partial charge is 0.239 e. The molecule has 1 heterocycles. The van der Waals surface area contributed by atoms with Crippen LogP contribution in [-0.2, 0) is 14.8 Å². The molecule has 0 aliphatic carbocycles. The summed E-state index contributed by atoms with van der Waals surface area (Å²) in [6.45, 7) is 4.73. The Hall–Kier alpha value is -1.40. The van der Waals surface area contributed by atoms with E-state index in [1.807, 2.05) is 0 Å². The number of rotatable bonds is 5. The highest BCUT2D eigenvalue weighted by atomic mass is 32.2. The molecule has 0 aromatic heterocycles. The minimum Gasteiger partial charge on any atom is -0.338 e. The second kappa shape index (κ2) is 7.01. The molecule has 6 heteroatoms. The third kappa shape index (κ3) is 3.93. The second-order valence-electron chi connectivity index (χ2n) is 6.41. The van der Waals surface area contributed by atoms with Crippen LogP contribution in [0.25, 0.3) is 0 Å². The maximum atomic E-state index is 12.5. The van der Waals surface area contributed by atoms with Crippen LogP contribution in [0.1, 0.15) is 36.8 Å². The summed E-state index contributed by atoms with van der Waals surface area (Å²) in [5.41, 5.74) is 2.44. The highest BCUT2D eigenvalue weighted by molar-refractivity contribution is 7.89. The van der Waals surface area contributed by atoms with Crippen LogP contribution in [-0.4, -0.2) is 56.0 Å². The molecule has 1 amide bonds. The third-order valence-electron chi connectivity index (χ3n) is 4.65. The van der Waals surface area contributed by atoms with Crippen LogP contribution in [0, 0.1) is 6.92 Å². The van der Waals surface area contributed by atoms with Crippen molar-refractivity contribution in [2.45, 2.75) is 38.6 Å². The maximum Gasteiger partial charge on any atom is 0.239 e. The van der Waals surface area contributed by atoms with Crippen LogP contribution in [0.2, 0.25) is 0 Å². The fourth-order valence-corrected chi connectivity index (χ4v) is 3.97. The van der Waals surface area contributed by atoms with Gasteiger partial charge in [0.15, 0.2) is 0 Å². The Morgan fingerprint density at radius 1 is 1.26 bits per heavy atom. The Labute approximate surface area is 139 Å². The lowest BCUT2D eigenvalue weighted by molar-refractivity contribution is -0.129. The number of aryl methyl sites for hydroxylation is 1. The molecule has 0 saturated carbocycles. The highest BCUT2D eigenvalue weighted by Crippen LogP contribution is 2.35. The lowest BCUT2D eigenvalue weighted by Gasteiger charge is -2.28. The molecule has 128 valence electrons. The van der Waals surface area contributed by atoms with E-state index in [1.54, 1.807) is 4.90 Å². The number of hydrogen-bond acceptors (Lipinski definition) is 3. The van der Waals surface area contributed by atoms with Crippen LogP contribution in [0.5, 0.6) is 0 Å². The highest BCUT2D eigenvalue weighted by Gasteiger charge is 2.38. The van der Waals surface area contributed by atoms with E-state index >= 15 is 0 Å². The van der Waals surface area contributed by atoms with Gasteiger partial charge in [0.05, 0.1) is 0 Å². The van der Waals surface area contributed by atoms with Gasteiger partial charge in [0.1, 0.15) is 5.75 Å². The zero-order valence-electron chi connectivity index (χ0n) is 14.3. The van der Waals surface area contributed by atoms with Gasteiger partial charge in [-0.25, -0.2) is 12.7 Å². The molecule has 2 atom stereocenters. The molecule has 0 N–H and O–H groups in total. The summed E-state index contributed by atoms with van der Waals surface area (Å²) in [5, 5.41) is 0. The third-order valence-corrected chi connectivity index (χ3v) is 6.38. The number of hydrogen-bond donors (Lipinski definition) is 0. The van der Waals surface area contributed by atoms with Gasteiger partial charge in [-0.3, -0.25) is 4.79 Å². The number of sulfonamides is 1. The largest absolute Gasteiger partial charge is 0.338 e. The van der Waals surface area contributed by atoms with Crippen LogP contribution < -0.4 is 0 Å². The lowest BCUT2D eigenvalue weighted by atomic mass is 9.90. The van der Waals surface area contributed by atoms with Crippen molar-refractivity contribution < 1.29 is 13.2 Å². The summed E-state index contributed by atoms with van der Waals surface area (Å²) >= 11 is 0. The average molecular weight is 338 g/mol. The van der Waals surface area contributed by atoms with E-state index in [9.17, 15) is 13.2 Å². The first-order chi connectivity index (χ1) is 10.8. The number of carbonyl (C=O) groups is 1. The monoisotopic (exact) mass is 338 g/mol. The molecule has 5 nitrogen and oxygen atoms in total. The predicted octanol–water partition coefficient (Wildman–Crippen LogP) is 1.98. The molecule has 1 fully saturated rings. The molecule has 1 saturated heterocycles. The first kappa shape index (κ1) is 17.9. The normalized spacial score (nSPS) is 21.9. The summed E-state index contributed by atoms with van der Waals surface area (Å²) in [6.07, 6.45) is 1.71. The predicted molar refractivity (Wildman–Crippen MR) is 91.8 cm³/mol. The van der Waals surface area contributed by atoms with E-state index in [1.165, 1.54) is 25.2 Å². The van der Waals surface area contributed by atoms with Crippen molar-refractivity contribution in [3.63, 3.8) is 0 Å². The van der Waals surface area contributed by atoms with E-state index in [4.69, 9.17) is 0 Å². The molecule has 0 unspecified atom stereocenters. The van der Waals surface area contributed by atoms with Crippen molar-refractivity contribution in [3.05, 3.63) is 35.4 Å². The Balaban J connectivity index is 2.16. The molecule has 1 aliphatic rings. The maximum absolute atomic E-state index is 12.5. The van der Waals surface area contributed by atoms with Crippen molar-refractivity contribution in [3.8, 4) is 0 Å². The zero-order valence-corrected chi connectivity index (χ0v) is 15.1. The minimum atomic E-state index is -3.51. The van der Waals surface area contributed by atoms with Gasteiger partial charge in [0.2, 0.25) is 15.9 Å². The Morgan fingerprint density at radius 3 is 2.39 bits per heavy atom. The van der Waals surface area contributed by atoms with Gasteiger partial charge >= 0.3 is 0 Å². The average Bonchev–Trinajstić information content (AvgIpc) is 2.91. The fraction of sp³-hybridized carbons (Fsp3) is 0.588. The molecule has 1 aromatic rings. The van der Waals surface area contributed by atoms with Crippen molar-refractivity contribution in [2.24, 2.45) is 0 Å². The summed E-state index contributed by atoms with van der Waals surface area (Å²) in [5.74, 6) is -0.455. The quantitative estimate of drug-likeness (QED) is 0.825. The first-order valence-electron chi connectivity index (χ1n) is 8.02. The first-order valence-corrected chi connectivity index (χ1v) is 9.63. The van der Waals surface area contributed by atoms with Crippen LogP contribution in [0.3, 0.4) is 0 Å². The molecule has 0 radical (unpaired) electrons. The molecular formula is C17H26N2O3S. The standard InChI is InChI=1S/C17H26N2O3S/c1-5-16-15(14-8-6-13(2)7-9-14)10-11-19(16)17(20)12-23(21,22)18(3)4/h6-9,15-16H,5,10-12H2,1-4H3/t15-,16+/m0/s1. The van der Waals surface area contributed by atoms with E-state index in [2.05, 4.69) is 38.1 Å². The van der Waals surface area contributed by atoms with E-state index in [0.717, 1.165) is 17.1 Å². The topological polar surface area (TPSA) is 57.7 Å². The fourth-order valence-electron chi connectivity index (χ4n) is 3.24. The summed E-state index contributed by atoms with van der Waals surface area (Å²) in [4.78, 5) is 14.2. The van der Waals surface area contributed by atoms with E-state index < -0.39 is 15.8 Å². The Bertz CT molecular complexity index is 653. The van der Waals surface area contributed by atoms with Gasteiger partial charge in [0.25, 0.3) is 0 Å². The van der Waals surface area contributed by atoms with Gasteiger partial charge in [-0.15, -0.1) is 0 Å². The minimum absolute atomic E-state index is 0.0718. The number of carbonyl (C=O) groups excluding carboxylic acids is 1. The van der Waals surface area contributed by atoms with Gasteiger partial charge in [-0.1, -0.05) is 36.8 Å². The summed E-state index contributed by atoms with van der Waals surface area (Å²) in [7, 11) is -0.597. The number of amides is 1. The zero-order chi connectivity index (χ0) is 17.2.